The third-order valence-electron chi connectivity index (χ3n) is 1.48. The van der Waals surface area contributed by atoms with E-state index in [4.69, 9.17) is 16.3 Å². The molecule has 0 unspecified atom stereocenters. The first-order valence-electron chi connectivity index (χ1n) is 3.05. The summed E-state index contributed by atoms with van der Waals surface area (Å²) in [6, 6.07) is 0. The summed E-state index contributed by atoms with van der Waals surface area (Å²) in [7, 11) is 0. The predicted octanol–water partition coefficient (Wildman–Crippen LogP) is 1.32. The summed E-state index contributed by atoms with van der Waals surface area (Å²) in [6.07, 6.45) is 1.59. The smallest absolute Gasteiger partial charge is 0.253 e. The van der Waals surface area contributed by atoms with Gasteiger partial charge in [-0.1, -0.05) is 0 Å². The Morgan fingerprint density at radius 1 is 1.78 bits per heavy atom. The van der Waals surface area contributed by atoms with Gasteiger partial charge >= 0.3 is 0 Å². The normalized spacial score (nSPS) is 21.6. The van der Waals surface area contributed by atoms with Crippen LogP contribution < -0.4 is 0 Å². The van der Waals surface area contributed by atoms with E-state index in [0.29, 0.717) is 6.61 Å². The van der Waals surface area contributed by atoms with Crippen molar-refractivity contribution < 1.29 is 9.53 Å². The average Bonchev–Trinajstić information content (AvgIpc) is 2.49. The van der Waals surface area contributed by atoms with E-state index < -0.39 is 5.60 Å². The molecule has 0 atom stereocenters. The van der Waals surface area contributed by atoms with Crippen molar-refractivity contribution >= 4 is 16.8 Å². The topological polar surface area (TPSA) is 26.3 Å². The summed E-state index contributed by atoms with van der Waals surface area (Å²) in [5, 5.41) is -0.343. The standard InChI is InChI=1S/C6H9ClO2/c1-2-9-6(3-4-6)5(7)8/h2-4H2,1H3. The first-order valence-corrected chi connectivity index (χ1v) is 3.43. The molecule has 0 heterocycles. The van der Waals surface area contributed by atoms with Gasteiger partial charge in [-0.3, -0.25) is 4.79 Å². The maximum absolute atomic E-state index is 10.6. The number of ether oxygens (including phenoxy) is 1. The van der Waals surface area contributed by atoms with Crippen LogP contribution in [0, 0.1) is 0 Å². The molecular formula is C6H9ClO2. The van der Waals surface area contributed by atoms with Crippen LogP contribution in [-0.4, -0.2) is 17.5 Å². The second-order valence-corrected chi connectivity index (χ2v) is 2.54. The molecule has 0 saturated heterocycles. The van der Waals surface area contributed by atoms with Crippen LogP contribution in [0.1, 0.15) is 19.8 Å². The highest BCUT2D eigenvalue weighted by Crippen LogP contribution is 2.41. The van der Waals surface area contributed by atoms with E-state index in [1.807, 2.05) is 6.92 Å². The van der Waals surface area contributed by atoms with Gasteiger partial charge in [0.25, 0.3) is 5.24 Å². The van der Waals surface area contributed by atoms with Crippen LogP contribution in [0.4, 0.5) is 0 Å². The molecule has 0 spiro atoms. The number of hydrogen-bond donors (Lipinski definition) is 0. The first kappa shape index (κ1) is 7.03. The molecule has 1 fully saturated rings. The highest BCUT2D eigenvalue weighted by Gasteiger charge is 2.50. The zero-order valence-electron chi connectivity index (χ0n) is 5.32. The van der Waals surface area contributed by atoms with E-state index in [0.717, 1.165) is 12.8 Å². The molecule has 0 aliphatic heterocycles. The molecular weight excluding hydrogens is 140 g/mol. The molecule has 1 rings (SSSR count). The van der Waals surface area contributed by atoms with Crippen molar-refractivity contribution in [1.82, 2.24) is 0 Å². The van der Waals surface area contributed by atoms with Gasteiger partial charge in [-0.15, -0.1) is 0 Å². The Kier molecular flexibility index (Phi) is 1.78. The Labute approximate surface area is 59.1 Å². The van der Waals surface area contributed by atoms with Crippen LogP contribution >= 0.6 is 11.6 Å². The lowest BCUT2D eigenvalue weighted by atomic mass is 10.4. The summed E-state index contributed by atoms with van der Waals surface area (Å²) >= 11 is 5.25. The Morgan fingerprint density at radius 2 is 2.33 bits per heavy atom. The molecule has 0 amide bonds. The molecule has 2 nitrogen and oxygen atoms in total. The van der Waals surface area contributed by atoms with Crippen LogP contribution in [0.15, 0.2) is 0 Å². The van der Waals surface area contributed by atoms with Crippen molar-refractivity contribution in [1.29, 1.82) is 0 Å². The number of carbonyl (C=O) groups excluding carboxylic acids is 1. The zero-order chi connectivity index (χ0) is 6.91. The largest absolute Gasteiger partial charge is 0.366 e. The quantitative estimate of drug-likeness (QED) is 0.565. The second-order valence-electron chi connectivity index (χ2n) is 2.20. The molecule has 0 aromatic heterocycles. The van der Waals surface area contributed by atoms with Gasteiger partial charge in [0.2, 0.25) is 0 Å². The minimum absolute atomic E-state index is 0.343. The molecule has 3 heteroatoms. The molecule has 1 aliphatic rings. The van der Waals surface area contributed by atoms with E-state index in [9.17, 15) is 4.79 Å². The van der Waals surface area contributed by atoms with Crippen LogP contribution in [0.2, 0.25) is 0 Å². The number of rotatable bonds is 3. The van der Waals surface area contributed by atoms with Crippen molar-refractivity contribution in [3.63, 3.8) is 0 Å². The Balaban J connectivity index is 2.43. The van der Waals surface area contributed by atoms with Crippen LogP contribution in [0.25, 0.3) is 0 Å². The van der Waals surface area contributed by atoms with Crippen molar-refractivity contribution in [2.24, 2.45) is 0 Å². The monoisotopic (exact) mass is 148 g/mol. The predicted molar refractivity (Wildman–Crippen MR) is 34.5 cm³/mol. The van der Waals surface area contributed by atoms with E-state index in [1.165, 1.54) is 0 Å². The third-order valence-corrected chi connectivity index (χ3v) is 1.83. The third kappa shape index (κ3) is 1.25. The second kappa shape index (κ2) is 2.27. The molecule has 1 saturated carbocycles. The SMILES string of the molecule is CCOC1(C(=O)Cl)CC1. The molecule has 0 bridgehead atoms. The van der Waals surface area contributed by atoms with Crippen LogP contribution in [0.3, 0.4) is 0 Å². The van der Waals surface area contributed by atoms with Crippen molar-refractivity contribution in [3.8, 4) is 0 Å². The van der Waals surface area contributed by atoms with Gasteiger partial charge in [-0.2, -0.15) is 0 Å². The number of hydrogen-bond acceptors (Lipinski definition) is 2. The van der Waals surface area contributed by atoms with E-state index in [-0.39, 0.29) is 5.24 Å². The molecule has 9 heavy (non-hydrogen) atoms. The fourth-order valence-electron chi connectivity index (χ4n) is 0.787. The van der Waals surface area contributed by atoms with E-state index in [1.54, 1.807) is 0 Å². The number of carbonyl (C=O) groups is 1. The minimum atomic E-state index is -0.573. The highest BCUT2D eigenvalue weighted by molar-refractivity contribution is 6.65. The van der Waals surface area contributed by atoms with Gasteiger partial charge < -0.3 is 4.74 Å². The van der Waals surface area contributed by atoms with Gasteiger partial charge in [0, 0.05) is 6.61 Å². The maximum Gasteiger partial charge on any atom is 0.253 e. The maximum atomic E-state index is 10.6. The van der Waals surface area contributed by atoms with Gasteiger partial charge in [-0.25, -0.2) is 0 Å². The lowest BCUT2D eigenvalue weighted by molar-refractivity contribution is -0.124. The fourth-order valence-corrected chi connectivity index (χ4v) is 1.03. The Bertz CT molecular complexity index is 129. The molecule has 52 valence electrons. The Hall–Kier alpha value is -0.0800. The minimum Gasteiger partial charge on any atom is -0.366 e. The van der Waals surface area contributed by atoms with Crippen LogP contribution in [-0.2, 0) is 9.53 Å². The fraction of sp³-hybridized carbons (Fsp3) is 0.833. The van der Waals surface area contributed by atoms with E-state index in [2.05, 4.69) is 0 Å². The number of halogens is 1. The molecule has 0 aromatic rings. The summed E-state index contributed by atoms with van der Waals surface area (Å²) in [5.41, 5.74) is -0.573. The van der Waals surface area contributed by atoms with Crippen molar-refractivity contribution in [2.45, 2.75) is 25.4 Å². The zero-order valence-corrected chi connectivity index (χ0v) is 6.07. The molecule has 0 aromatic carbocycles. The first-order chi connectivity index (χ1) is 4.21. The summed E-state index contributed by atoms with van der Waals surface area (Å²) in [6.45, 7) is 2.43. The molecule has 0 N–H and O–H groups in total. The lowest BCUT2D eigenvalue weighted by Crippen LogP contribution is -2.21. The Morgan fingerprint density at radius 3 is 2.44 bits per heavy atom. The van der Waals surface area contributed by atoms with Crippen molar-refractivity contribution in [3.05, 3.63) is 0 Å². The highest BCUT2D eigenvalue weighted by atomic mass is 35.5. The molecule has 1 aliphatic carbocycles. The van der Waals surface area contributed by atoms with Crippen molar-refractivity contribution in [2.75, 3.05) is 6.61 Å². The van der Waals surface area contributed by atoms with Gasteiger partial charge in [0.1, 0.15) is 5.60 Å². The van der Waals surface area contributed by atoms with Crippen LogP contribution in [0.5, 0.6) is 0 Å². The summed E-state index contributed by atoms with van der Waals surface area (Å²) in [5.74, 6) is 0. The lowest BCUT2D eigenvalue weighted by Gasteiger charge is -2.07. The van der Waals surface area contributed by atoms with E-state index >= 15 is 0 Å². The molecule has 0 radical (unpaired) electrons. The summed E-state index contributed by atoms with van der Waals surface area (Å²) in [4.78, 5) is 10.6. The van der Waals surface area contributed by atoms with Gasteiger partial charge in [-0.05, 0) is 31.4 Å². The average molecular weight is 149 g/mol. The van der Waals surface area contributed by atoms with Gasteiger partial charge in [0.05, 0.1) is 0 Å². The van der Waals surface area contributed by atoms with Gasteiger partial charge in [0.15, 0.2) is 0 Å². The summed E-state index contributed by atoms with van der Waals surface area (Å²) < 4.78 is 5.12.